The molecule has 0 aromatic rings. The van der Waals surface area contributed by atoms with Crippen LogP contribution in [0.15, 0.2) is 0 Å². The molecule has 80 valence electrons. The molecule has 0 saturated carbocycles. The first-order valence-corrected chi connectivity index (χ1v) is 6.98. The molecule has 0 heterocycles. The first-order valence-electron chi connectivity index (χ1n) is 4.58. The van der Waals surface area contributed by atoms with Gasteiger partial charge in [0.05, 0.1) is 0 Å². The summed E-state index contributed by atoms with van der Waals surface area (Å²) in [4.78, 5) is 18.5. The van der Waals surface area contributed by atoms with Crippen molar-refractivity contribution in [2.45, 2.75) is 44.1 Å². The lowest BCUT2D eigenvalue weighted by molar-refractivity contribution is 0.310. The zero-order valence-corrected chi connectivity index (χ0v) is 10.8. The van der Waals surface area contributed by atoms with E-state index in [4.69, 9.17) is 0 Å². The molecule has 3 nitrogen and oxygen atoms in total. The van der Waals surface area contributed by atoms with Gasteiger partial charge < -0.3 is 9.79 Å². The molecule has 0 aliphatic heterocycles. The fourth-order valence-corrected chi connectivity index (χ4v) is 3.55. The highest BCUT2D eigenvalue weighted by molar-refractivity contribution is 9.11. The Hall–Kier alpha value is 0.630. The summed E-state index contributed by atoms with van der Waals surface area (Å²) in [6, 6.07) is 0. The topological polar surface area (TPSA) is 57.5 Å². The smallest absolute Gasteiger partial charge is 0.323 e. The lowest BCUT2D eigenvalue weighted by atomic mass is 9.97. The van der Waals surface area contributed by atoms with Crippen LogP contribution in [0.3, 0.4) is 0 Å². The number of halogens is 1. The molecular formula is C8H18BrO3P. The summed E-state index contributed by atoms with van der Waals surface area (Å²) in [7, 11) is -4.06. The summed E-state index contributed by atoms with van der Waals surface area (Å²) < 4.78 is 10.3. The van der Waals surface area contributed by atoms with Gasteiger partial charge in [0, 0.05) is 0 Å². The molecule has 0 amide bonds. The standard InChI is InChI=1S/C8H18BrO3P/c1-4-7(5-2)8(9,6-3)13(10,11)12/h7H,4-6H2,1-3H3,(H2,10,11,12). The van der Waals surface area contributed by atoms with E-state index >= 15 is 0 Å². The van der Waals surface area contributed by atoms with Gasteiger partial charge in [-0.2, -0.15) is 0 Å². The Labute approximate surface area is 88.2 Å². The minimum Gasteiger partial charge on any atom is -0.323 e. The first kappa shape index (κ1) is 13.6. The van der Waals surface area contributed by atoms with Crippen molar-refractivity contribution >= 4 is 23.5 Å². The highest BCUT2D eigenvalue weighted by atomic mass is 79.9. The molecule has 0 aliphatic carbocycles. The molecule has 1 unspecified atom stereocenters. The van der Waals surface area contributed by atoms with Gasteiger partial charge >= 0.3 is 7.60 Å². The predicted octanol–water partition coefficient (Wildman–Crippen LogP) is 3.10. The van der Waals surface area contributed by atoms with E-state index in [1.165, 1.54) is 0 Å². The van der Waals surface area contributed by atoms with Crippen LogP contribution in [0.25, 0.3) is 0 Å². The van der Waals surface area contributed by atoms with Gasteiger partial charge in [-0.3, -0.25) is 4.57 Å². The lowest BCUT2D eigenvalue weighted by Gasteiger charge is -2.34. The second-order valence-electron chi connectivity index (χ2n) is 3.23. The molecule has 0 spiro atoms. The second-order valence-corrected chi connectivity index (χ2v) is 7.14. The molecule has 5 heteroatoms. The van der Waals surface area contributed by atoms with Crippen molar-refractivity contribution in [3.63, 3.8) is 0 Å². The summed E-state index contributed by atoms with van der Waals surface area (Å²) in [6.07, 6.45) is 2.00. The highest BCUT2D eigenvalue weighted by Gasteiger charge is 2.47. The van der Waals surface area contributed by atoms with Crippen molar-refractivity contribution in [3.05, 3.63) is 0 Å². The van der Waals surface area contributed by atoms with E-state index < -0.39 is 11.7 Å². The Balaban J connectivity index is 4.92. The number of hydrogen-bond acceptors (Lipinski definition) is 1. The Morgan fingerprint density at radius 2 is 1.69 bits per heavy atom. The van der Waals surface area contributed by atoms with Crippen LogP contribution in [0.4, 0.5) is 0 Å². The molecular weight excluding hydrogens is 255 g/mol. The molecule has 0 aliphatic rings. The quantitative estimate of drug-likeness (QED) is 0.597. The van der Waals surface area contributed by atoms with Crippen molar-refractivity contribution in [2.75, 3.05) is 0 Å². The maximum absolute atomic E-state index is 11.3. The van der Waals surface area contributed by atoms with Gasteiger partial charge in [-0.15, -0.1) is 0 Å². The van der Waals surface area contributed by atoms with Gasteiger partial charge in [0.1, 0.15) is 4.07 Å². The van der Waals surface area contributed by atoms with Crippen LogP contribution in [0, 0.1) is 5.92 Å². The third kappa shape index (κ3) is 2.79. The Morgan fingerprint density at radius 3 is 1.77 bits per heavy atom. The summed E-state index contributed by atoms with van der Waals surface area (Å²) in [6.45, 7) is 5.71. The molecule has 0 bridgehead atoms. The van der Waals surface area contributed by atoms with Crippen molar-refractivity contribution in [1.29, 1.82) is 0 Å². The van der Waals surface area contributed by atoms with E-state index in [1.54, 1.807) is 6.92 Å². The van der Waals surface area contributed by atoms with Crippen LogP contribution in [-0.4, -0.2) is 13.9 Å². The molecule has 1 atom stereocenters. The largest absolute Gasteiger partial charge is 0.342 e. The van der Waals surface area contributed by atoms with Crippen LogP contribution in [0.5, 0.6) is 0 Å². The third-order valence-corrected chi connectivity index (χ3v) is 6.84. The van der Waals surface area contributed by atoms with Gasteiger partial charge in [-0.25, -0.2) is 0 Å². The Kier molecular flexibility index (Phi) is 5.16. The summed E-state index contributed by atoms with van der Waals surface area (Å²) in [5, 5.41) is 0. The zero-order valence-electron chi connectivity index (χ0n) is 8.33. The molecule has 13 heavy (non-hydrogen) atoms. The average Bonchev–Trinajstić information content (AvgIpc) is 2.04. The Bertz CT molecular complexity index is 200. The maximum atomic E-state index is 11.3. The van der Waals surface area contributed by atoms with Gasteiger partial charge in [0.25, 0.3) is 0 Å². The van der Waals surface area contributed by atoms with E-state index in [0.717, 1.165) is 12.8 Å². The number of alkyl halides is 1. The molecule has 0 radical (unpaired) electrons. The van der Waals surface area contributed by atoms with Crippen LogP contribution < -0.4 is 0 Å². The normalized spacial score (nSPS) is 17.5. The van der Waals surface area contributed by atoms with Crippen molar-refractivity contribution in [1.82, 2.24) is 0 Å². The van der Waals surface area contributed by atoms with Crippen molar-refractivity contribution in [3.8, 4) is 0 Å². The summed E-state index contributed by atoms with van der Waals surface area (Å²) in [5.74, 6) is 0.0262. The van der Waals surface area contributed by atoms with Crippen LogP contribution in [-0.2, 0) is 4.57 Å². The van der Waals surface area contributed by atoms with Gasteiger partial charge in [0.2, 0.25) is 0 Å². The van der Waals surface area contributed by atoms with Crippen LogP contribution in [0.2, 0.25) is 0 Å². The predicted molar refractivity (Wildman–Crippen MR) is 58.1 cm³/mol. The second kappa shape index (κ2) is 4.92. The van der Waals surface area contributed by atoms with E-state index in [1.807, 2.05) is 13.8 Å². The summed E-state index contributed by atoms with van der Waals surface area (Å²) >= 11 is 3.23. The van der Waals surface area contributed by atoms with Crippen LogP contribution in [0.1, 0.15) is 40.0 Å². The van der Waals surface area contributed by atoms with E-state index in [0.29, 0.717) is 6.42 Å². The molecule has 0 rings (SSSR count). The minimum atomic E-state index is -4.06. The summed E-state index contributed by atoms with van der Waals surface area (Å²) in [5.41, 5.74) is 0. The third-order valence-electron chi connectivity index (χ3n) is 2.59. The fraction of sp³-hybridized carbons (Fsp3) is 1.00. The van der Waals surface area contributed by atoms with Gasteiger partial charge in [-0.05, 0) is 12.3 Å². The zero-order chi connectivity index (χ0) is 10.7. The van der Waals surface area contributed by atoms with E-state index in [2.05, 4.69) is 15.9 Å². The average molecular weight is 273 g/mol. The van der Waals surface area contributed by atoms with Gasteiger partial charge in [0.15, 0.2) is 0 Å². The molecule has 0 saturated heterocycles. The van der Waals surface area contributed by atoms with Crippen molar-refractivity contribution in [2.24, 2.45) is 5.92 Å². The molecule has 2 N–H and O–H groups in total. The maximum Gasteiger partial charge on any atom is 0.342 e. The SMILES string of the molecule is CCC(CC)C(Br)(CC)P(=O)(O)O. The lowest BCUT2D eigenvalue weighted by Crippen LogP contribution is -2.29. The minimum absolute atomic E-state index is 0.0262. The highest BCUT2D eigenvalue weighted by Crippen LogP contribution is 2.61. The van der Waals surface area contributed by atoms with Gasteiger partial charge in [-0.1, -0.05) is 49.5 Å². The first-order chi connectivity index (χ1) is 5.83. The van der Waals surface area contributed by atoms with E-state index in [-0.39, 0.29) is 5.92 Å². The van der Waals surface area contributed by atoms with E-state index in [9.17, 15) is 14.4 Å². The van der Waals surface area contributed by atoms with Crippen LogP contribution >= 0.6 is 23.5 Å². The number of hydrogen-bond donors (Lipinski definition) is 2. The number of rotatable bonds is 5. The molecule has 0 aromatic carbocycles. The molecule has 0 aromatic heterocycles. The fourth-order valence-electron chi connectivity index (χ4n) is 1.65. The van der Waals surface area contributed by atoms with Crippen molar-refractivity contribution < 1.29 is 14.4 Å². The Morgan fingerprint density at radius 1 is 1.31 bits per heavy atom. The molecule has 0 fully saturated rings. The monoisotopic (exact) mass is 272 g/mol.